The maximum absolute atomic E-state index is 12.2. The summed E-state index contributed by atoms with van der Waals surface area (Å²) in [4.78, 5) is 16.8. The number of rotatable bonds is 2. The van der Waals surface area contributed by atoms with Crippen LogP contribution in [0.1, 0.15) is 0 Å². The van der Waals surface area contributed by atoms with Gasteiger partial charge in [0, 0.05) is 10.4 Å². The maximum Gasteiger partial charge on any atom is 0.325 e. The highest BCUT2D eigenvalue weighted by Gasteiger charge is 2.11. The van der Waals surface area contributed by atoms with Crippen LogP contribution in [0, 0.1) is 0 Å². The minimum Gasteiger partial charge on any atom is -0.306 e. The third kappa shape index (κ3) is 3.26. The predicted molar refractivity (Wildman–Crippen MR) is 106 cm³/mol. The molecule has 0 saturated heterocycles. The fourth-order valence-corrected chi connectivity index (χ4v) is 3.89. The lowest BCUT2D eigenvalue weighted by Crippen LogP contribution is -2.19. The van der Waals surface area contributed by atoms with Crippen LogP contribution in [0.5, 0.6) is 0 Å². The fraction of sp³-hybridized carbons (Fsp3) is 0. The van der Waals surface area contributed by atoms with Crippen molar-refractivity contribution in [3.8, 4) is 0 Å². The van der Waals surface area contributed by atoms with Crippen molar-refractivity contribution in [3.05, 3.63) is 64.6 Å². The van der Waals surface area contributed by atoms with Crippen LogP contribution in [0.25, 0.3) is 21.0 Å². The zero-order valence-corrected chi connectivity index (χ0v) is 15.0. The molecule has 4 nitrogen and oxygen atoms in total. The first-order valence-electron chi connectivity index (χ1n) is 7.41. The molecule has 3 aromatic carbocycles. The summed E-state index contributed by atoms with van der Waals surface area (Å²) in [5.74, 6) is 0. The molecule has 4 rings (SSSR count). The maximum atomic E-state index is 12.2. The van der Waals surface area contributed by atoms with E-state index in [4.69, 9.17) is 23.2 Å². The van der Waals surface area contributed by atoms with Gasteiger partial charge in [-0.25, -0.2) is 9.78 Å². The number of halogens is 2. The molecule has 0 bridgehead atoms. The first kappa shape index (κ1) is 16.1. The lowest BCUT2D eigenvalue weighted by molar-refractivity contribution is 0.262. The van der Waals surface area contributed by atoms with Gasteiger partial charge >= 0.3 is 6.03 Å². The highest BCUT2D eigenvalue weighted by Crippen LogP contribution is 2.32. The van der Waals surface area contributed by atoms with E-state index in [9.17, 15) is 4.79 Å². The summed E-state index contributed by atoms with van der Waals surface area (Å²) in [6.45, 7) is 0. The molecule has 2 amide bonds. The van der Waals surface area contributed by atoms with Crippen molar-refractivity contribution >= 4 is 72.4 Å². The van der Waals surface area contributed by atoms with E-state index >= 15 is 0 Å². The van der Waals surface area contributed by atoms with Crippen LogP contribution in [0.2, 0.25) is 10.0 Å². The number of fused-ring (bicyclic) bond motifs is 3. The van der Waals surface area contributed by atoms with E-state index in [1.54, 1.807) is 18.2 Å². The zero-order valence-electron chi connectivity index (χ0n) is 12.7. The predicted octanol–water partition coefficient (Wildman–Crippen LogP) is 6.40. The number of nitrogens with one attached hydrogen (secondary N) is 2. The van der Waals surface area contributed by atoms with Gasteiger partial charge in [-0.2, -0.15) is 0 Å². The van der Waals surface area contributed by atoms with Crippen molar-refractivity contribution < 1.29 is 4.79 Å². The Kier molecular flexibility index (Phi) is 4.21. The molecule has 0 atom stereocenters. The fourth-order valence-electron chi connectivity index (χ4n) is 2.56. The smallest absolute Gasteiger partial charge is 0.306 e. The highest BCUT2D eigenvalue weighted by atomic mass is 35.5. The third-order valence-electron chi connectivity index (χ3n) is 3.68. The lowest BCUT2D eigenvalue weighted by atomic mass is 10.1. The molecule has 0 radical (unpaired) electrons. The van der Waals surface area contributed by atoms with E-state index in [1.165, 1.54) is 11.3 Å². The Morgan fingerprint density at radius 3 is 2.68 bits per heavy atom. The summed E-state index contributed by atoms with van der Waals surface area (Å²) in [6, 6.07) is 16.6. The summed E-state index contributed by atoms with van der Waals surface area (Å²) in [5.41, 5.74) is 1.36. The van der Waals surface area contributed by atoms with Crippen molar-refractivity contribution in [1.82, 2.24) is 4.98 Å². The standard InChI is InChI=1S/C18H11Cl2N3OS/c19-11-6-7-14(13(20)9-11)21-17(24)23-18-22-16-12-4-2-1-3-10(12)5-8-15(16)25-18/h1-9H,(H2,21,22,23,24). The minimum absolute atomic E-state index is 0.373. The van der Waals surface area contributed by atoms with Gasteiger partial charge in [-0.05, 0) is 29.7 Å². The average Bonchev–Trinajstić information content (AvgIpc) is 3.00. The Bertz CT molecular complexity index is 1110. The SMILES string of the molecule is O=C(Nc1nc2c(ccc3ccccc32)s1)Nc1ccc(Cl)cc1Cl. The van der Waals surface area contributed by atoms with Crippen molar-refractivity contribution in [2.24, 2.45) is 0 Å². The quantitative estimate of drug-likeness (QED) is 0.417. The summed E-state index contributed by atoms with van der Waals surface area (Å²) in [6.07, 6.45) is 0. The van der Waals surface area contributed by atoms with E-state index in [0.29, 0.717) is 20.9 Å². The summed E-state index contributed by atoms with van der Waals surface area (Å²) in [7, 11) is 0. The molecule has 2 N–H and O–H groups in total. The van der Waals surface area contributed by atoms with Gasteiger partial charge in [-0.1, -0.05) is 64.9 Å². The summed E-state index contributed by atoms with van der Waals surface area (Å²) in [5, 5.41) is 9.02. The van der Waals surface area contributed by atoms with Crippen molar-refractivity contribution in [2.45, 2.75) is 0 Å². The van der Waals surface area contributed by atoms with Crippen LogP contribution in [0.15, 0.2) is 54.6 Å². The van der Waals surface area contributed by atoms with Crippen LogP contribution in [-0.2, 0) is 0 Å². The first-order chi connectivity index (χ1) is 12.1. The van der Waals surface area contributed by atoms with E-state index in [1.807, 2.05) is 36.4 Å². The second kappa shape index (κ2) is 6.52. The van der Waals surface area contributed by atoms with Crippen LogP contribution in [0.4, 0.5) is 15.6 Å². The van der Waals surface area contributed by atoms with Crippen molar-refractivity contribution in [3.63, 3.8) is 0 Å². The van der Waals surface area contributed by atoms with Crippen molar-refractivity contribution in [2.75, 3.05) is 10.6 Å². The van der Waals surface area contributed by atoms with Gasteiger partial charge in [0.05, 0.1) is 20.9 Å². The highest BCUT2D eigenvalue weighted by molar-refractivity contribution is 7.22. The summed E-state index contributed by atoms with van der Waals surface area (Å²) >= 11 is 13.3. The van der Waals surface area contributed by atoms with Crippen LogP contribution in [-0.4, -0.2) is 11.0 Å². The molecule has 1 heterocycles. The van der Waals surface area contributed by atoms with Gasteiger partial charge in [0.1, 0.15) is 0 Å². The molecule has 1 aromatic heterocycles. The normalized spacial score (nSPS) is 11.0. The Labute approximate surface area is 157 Å². The number of hydrogen-bond acceptors (Lipinski definition) is 3. The van der Waals surface area contributed by atoms with Crippen molar-refractivity contribution in [1.29, 1.82) is 0 Å². The molecule has 0 saturated carbocycles. The number of aromatic nitrogens is 1. The number of hydrogen-bond donors (Lipinski definition) is 2. The van der Waals surface area contributed by atoms with Gasteiger partial charge in [0.25, 0.3) is 0 Å². The molecule has 4 aromatic rings. The molecule has 7 heteroatoms. The number of benzene rings is 3. The number of urea groups is 1. The lowest BCUT2D eigenvalue weighted by Gasteiger charge is -2.07. The van der Waals surface area contributed by atoms with Crippen LogP contribution in [0.3, 0.4) is 0 Å². The van der Waals surface area contributed by atoms with Crippen LogP contribution < -0.4 is 10.6 Å². The Balaban J connectivity index is 1.60. The van der Waals surface area contributed by atoms with Gasteiger partial charge in [0.15, 0.2) is 5.13 Å². The average molecular weight is 388 g/mol. The number of amides is 2. The minimum atomic E-state index is -0.410. The second-order valence-corrected chi connectivity index (χ2v) is 7.23. The molecule has 0 aliphatic heterocycles. The van der Waals surface area contributed by atoms with E-state index in [2.05, 4.69) is 15.6 Å². The molecule has 0 aliphatic carbocycles. The molecular weight excluding hydrogens is 377 g/mol. The zero-order chi connectivity index (χ0) is 17.4. The van der Waals surface area contributed by atoms with Gasteiger partial charge in [-0.3, -0.25) is 5.32 Å². The first-order valence-corrected chi connectivity index (χ1v) is 8.99. The molecule has 0 spiro atoms. The Morgan fingerprint density at radius 2 is 1.84 bits per heavy atom. The number of thiazole rings is 1. The molecule has 0 unspecified atom stereocenters. The third-order valence-corrected chi connectivity index (χ3v) is 5.17. The second-order valence-electron chi connectivity index (χ2n) is 5.36. The van der Waals surface area contributed by atoms with Gasteiger partial charge in [-0.15, -0.1) is 0 Å². The molecule has 0 aliphatic rings. The number of carbonyl (C=O) groups excluding carboxylic acids is 1. The summed E-state index contributed by atoms with van der Waals surface area (Å²) < 4.78 is 1.01. The van der Waals surface area contributed by atoms with E-state index in [-0.39, 0.29) is 0 Å². The molecular formula is C18H11Cl2N3OS. The molecule has 25 heavy (non-hydrogen) atoms. The van der Waals surface area contributed by atoms with Gasteiger partial charge < -0.3 is 5.32 Å². The topological polar surface area (TPSA) is 54.0 Å². The number of anilines is 2. The van der Waals surface area contributed by atoms with E-state index < -0.39 is 6.03 Å². The monoisotopic (exact) mass is 387 g/mol. The molecule has 0 fully saturated rings. The Morgan fingerprint density at radius 1 is 1.00 bits per heavy atom. The largest absolute Gasteiger partial charge is 0.325 e. The number of carbonyl (C=O) groups is 1. The molecule has 124 valence electrons. The Hall–Kier alpha value is -2.34. The van der Waals surface area contributed by atoms with Gasteiger partial charge in [0.2, 0.25) is 0 Å². The van der Waals surface area contributed by atoms with E-state index in [0.717, 1.165) is 21.0 Å². The number of nitrogens with zero attached hydrogens (tertiary/aromatic N) is 1. The van der Waals surface area contributed by atoms with Crippen LogP contribution >= 0.6 is 34.5 Å².